The Kier molecular flexibility index (Phi) is 12.1. The molecular weight excluding hydrogens is 672 g/mol. The lowest BCUT2D eigenvalue weighted by Gasteiger charge is -2.34. The number of carbonyl (C=O) groups is 2. The Bertz CT molecular complexity index is 1780. The van der Waals surface area contributed by atoms with Crippen molar-refractivity contribution in [2.75, 3.05) is 10.8 Å². The lowest BCUT2D eigenvalue weighted by molar-refractivity contribution is -0.140. The number of halogens is 4. The van der Waals surface area contributed by atoms with E-state index in [9.17, 15) is 22.4 Å². The van der Waals surface area contributed by atoms with E-state index in [-0.39, 0.29) is 39.6 Å². The van der Waals surface area contributed by atoms with Gasteiger partial charge in [-0.2, -0.15) is 0 Å². The summed E-state index contributed by atoms with van der Waals surface area (Å²) in [5.74, 6) is -1.87. The summed E-state index contributed by atoms with van der Waals surface area (Å²) < 4.78 is 43.1. The fourth-order valence-electron chi connectivity index (χ4n) is 4.72. The molecule has 0 aliphatic heterocycles. The van der Waals surface area contributed by atoms with Crippen molar-refractivity contribution in [2.45, 2.75) is 50.2 Å². The van der Waals surface area contributed by atoms with E-state index in [0.29, 0.717) is 17.0 Å². The topological polar surface area (TPSA) is 86.8 Å². The number of nitrogens with zero attached hydrogens (tertiary/aromatic N) is 2. The van der Waals surface area contributed by atoms with E-state index in [1.165, 1.54) is 29.2 Å². The summed E-state index contributed by atoms with van der Waals surface area (Å²) in [7, 11) is -4.37. The second-order valence-corrected chi connectivity index (χ2v) is 13.8. The second kappa shape index (κ2) is 15.8. The minimum absolute atomic E-state index is 0.0308. The molecule has 0 saturated carbocycles. The molecule has 4 aromatic carbocycles. The Labute approximate surface area is 283 Å². The van der Waals surface area contributed by atoms with E-state index in [0.717, 1.165) is 22.0 Å². The van der Waals surface area contributed by atoms with Crippen molar-refractivity contribution in [1.29, 1.82) is 0 Å². The molecule has 2 amide bonds. The average Bonchev–Trinajstić information content (AvgIpc) is 3.04. The molecule has 2 atom stereocenters. The molecule has 0 heterocycles. The number of nitrogens with one attached hydrogen (secondary N) is 1. The maximum Gasteiger partial charge on any atom is 0.264 e. The van der Waals surface area contributed by atoms with Gasteiger partial charge in [-0.1, -0.05) is 96.3 Å². The summed E-state index contributed by atoms with van der Waals surface area (Å²) in [6.07, 6.45) is 0.781. The minimum atomic E-state index is -4.37. The third kappa shape index (κ3) is 8.79. The summed E-state index contributed by atoms with van der Waals surface area (Å²) in [6, 6.07) is 23.6. The molecule has 0 spiro atoms. The van der Waals surface area contributed by atoms with Crippen molar-refractivity contribution in [3.8, 4) is 0 Å². The van der Waals surface area contributed by atoms with Crippen LogP contribution >= 0.6 is 34.8 Å². The van der Waals surface area contributed by atoms with E-state index in [2.05, 4.69) is 5.32 Å². The molecule has 0 bridgehead atoms. The summed E-state index contributed by atoms with van der Waals surface area (Å²) in [6.45, 7) is 2.91. The molecule has 0 fully saturated rings. The van der Waals surface area contributed by atoms with Crippen molar-refractivity contribution in [2.24, 2.45) is 0 Å². The first-order valence-electron chi connectivity index (χ1n) is 14.5. The Morgan fingerprint density at radius 3 is 2.13 bits per heavy atom. The molecule has 46 heavy (non-hydrogen) atoms. The number of carbonyl (C=O) groups excluding carboxylic acids is 2. The van der Waals surface area contributed by atoms with Crippen LogP contribution in [-0.4, -0.2) is 43.8 Å². The number of amides is 2. The van der Waals surface area contributed by atoms with Crippen LogP contribution in [0.2, 0.25) is 15.1 Å². The first-order chi connectivity index (χ1) is 21.9. The predicted octanol–water partition coefficient (Wildman–Crippen LogP) is 7.54. The zero-order chi connectivity index (χ0) is 33.4. The third-order valence-corrected chi connectivity index (χ3v) is 10.1. The van der Waals surface area contributed by atoms with E-state index in [1.807, 2.05) is 44.2 Å². The van der Waals surface area contributed by atoms with Gasteiger partial charge in [-0.15, -0.1) is 0 Å². The van der Waals surface area contributed by atoms with Crippen LogP contribution in [0.25, 0.3) is 0 Å². The van der Waals surface area contributed by atoms with Crippen LogP contribution in [0.3, 0.4) is 0 Å². The van der Waals surface area contributed by atoms with Gasteiger partial charge in [-0.3, -0.25) is 13.9 Å². The number of benzene rings is 4. The van der Waals surface area contributed by atoms with E-state index >= 15 is 0 Å². The third-order valence-electron chi connectivity index (χ3n) is 7.43. The number of rotatable bonds is 13. The van der Waals surface area contributed by atoms with E-state index in [4.69, 9.17) is 34.8 Å². The molecule has 0 aliphatic rings. The predicted molar refractivity (Wildman–Crippen MR) is 181 cm³/mol. The number of anilines is 1. The highest BCUT2D eigenvalue weighted by molar-refractivity contribution is 7.92. The van der Waals surface area contributed by atoms with Gasteiger partial charge in [0.05, 0.1) is 15.6 Å². The zero-order valence-electron chi connectivity index (χ0n) is 25.2. The lowest BCUT2D eigenvalue weighted by atomic mass is 10.0. The molecule has 1 N–H and O–H groups in total. The number of hydrogen-bond donors (Lipinski definition) is 1. The summed E-state index contributed by atoms with van der Waals surface area (Å²) in [5, 5.41) is 3.30. The zero-order valence-corrected chi connectivity index (χ0v) is 28.3. The van der Waals surface area contributed by atoms with E-state index < -0.39 is 40.2 Å². The quantitative estimate of drug-likeness (QED) is 0.156. The van der Waals surface area contributed by atoms with Crippen molar-refractivity contribution < 1.29 is 22.4 Å². The van der Waals surface area contributed by atoms with Crippen LogP contribution in [0.5, 0.6) is 0 Å². The molecule has 0 unspecified atom stereocenters. The van der Waals surface area contributed by atoms with Gasteiger partial charge in [-0.25, -0.2) is 12.8 Å². The van der Waals surface area contributed by atoms with Gasteiger partial charge < -0.3 is 10.2 Å². The van der Waals surface area contributed by atoms with Gasteiger partial charge in [0.1, 0.15) is 18.4 Å². The maximum atomic E-state index is 14.5. The molecule has 7 nitrogen and oxygen atoms in total. The summed E-state index contributed by atoms with van der Waals surface area (Å²) >= 11 is 18.7. The lowest BCUT2D eigenvalue weighted by Crippen LogP contribution is -2.54. The number of sulfonamides is 1. The molecule has 4 rings (SSSR count). The monoisotopic (exact) mass is 703 g/mol. The van der Waals surface area contributed by atoms with Gasteiger partial charge in [-0.05, 0) is 66.9 Å². The van der Waals surface area contributed by atoms with Crippen LogP contribution in [0.4, 0.5) is 10.1 Å². The molecule has 0 saturated heterocycles. The molecule has 0 aliphatic carbocycles. The maximum absolute atomic E-state index is 14.5. The summed E-state index contributed by atoms with van der Waals surface area (Å²) in [5.41, 5.74) is 1.25. The Hall–Kier alpha value is -3.63. The van der Waals surface area contributed by atoms with Crippen molar-refractivity contribution in [1.82, 2.24) is 10.2 Å². The highest BCUT2D eigenvalue weighted by atomic mass is 35.5. The van der Waals surface area contributed by atoms with Gasteiger partial charge in [0.2, 0.25) is 11.8 Å². The van der Waals surface area contributed by atoms with E-state index in [1.54, 1.807) is 30.3 Å². The molecule has 242 valence electrons. The highest BCUT2D eigenvalue weighted by Crippen LogP contribution is 2.29. The van der Waals surface area contributed by atoms with Crippen molar-refractivity contribution in [3.05, 3.63) is 129 Å². The van der Waals surface area contributed by atoms with Crippen LogP contribution in [0.15, 0.2) is 102 Å². The summed E-state index contributed by atoms with van der Waals surface area (Å²) in [4.78, 5) is 29.6. The minimum Gasteiger partial charge on any atom is -0.352 e. The highest BCUT2D eigenvalue weighted by Gasteiger charge is 2.35. The smallest absolute Gasteiger partial charge is 0.264 e. The molecule has 4 aromatic rings. The van der Waals surface area contributed by atoms with Gasteiger partial charge >= 0.3 is 0 Å². The van der Waals surface area contributed by atoms with Gasteiger partial charge in [0.25, 0.3) is 10.0 Å². The van der Waals surface area contributed by atoms with Crippen molar-refractivity contribution in [3.63, 3.8) is 0 Å². The van der Waals surface area contributed by atoms with Crippen LogP contribution in [0, 0.1) is 5.82 Å². The fourth-order valence-corrected chi connectivity index (χ4v) is 6.79. The Morgan fingerprint density at radius 1 is 0.870 bits per heavy atom. The first-order valence-corrected chi connectivity index (χ1v) is 17.1. The first kappa shape index (κ1) is 35.2. The Morgan fingerprint density at radius 2 is 1.52 bits per heavy atom. The van der Waals surface area contributed by atoms with Crippen molar-refractivity contribution >= 4 is 62.3 Å². The fraction of sp³-hybridized carbons (Fsp3) is 0.235. The average molecular weight is 705 g/mol. The Balaban J connectivity index is 1.84. The van der Waals surface area contributed by atoms with Crippen LogP contribution in [0.1, 0.15) is 31.4 Å². The van der Waals surface area contributed by atoms with Crippen LogP contribution < -0.4 is 9.62 Å². The number of hydrogen-bond acceptors (Lipinski definition) is 4. The van der Waals surface area contributed by atoms with Gasteiger partial charge in [0.15, 0.2) is 0 Å². The molecule has 12 heteroatoms. The molecular formula is C34H33Cl3FN3O4S. The van der Waals surface area contributed by atoms with Crippen LogP contribution in [-0.2, 0) is 32.6 Å². The molecule has 0 radical (unpaired) electrons. The molecule has 0 aromatic heterocycles. The normalized spacial score (nSPS) is 12.7. The standard InChI is InChI=1S/C34H33Cl3FN3O4S/c1-3-23(2)39-34(43)32(18-24-10-6-4-7-11-24)40(21-25-14-15-26(35)19-29(25)36)33(42)22-41(27-16-17-31(38)30(37)20-27)46(44,45)28-12-8-5-9-13-28/h4-17,19-20,23,32H,3,18,21-22H2,1-2H3,(H,39,43)/t23-,32-/m1/s1. The SMILES string of the molecule is CC[C@@H](C)NC(=O)[C@@H](Cc1ccccc1)N(Cc1ccc(Cl)cc1Cl)C(=O)CN(c1ccc(F)c(Cl)c1)S(=O)(=O)c1ccccc1. The van der Waals surface area contributed by atoms with Gasteiger partial charge in [0, 0.05) is 29.1 Å². The second-order valence-electron chi connectivity index (χ2n) is 10.7. The largest absolute Gasteiger partial charge is 0.352 e.